The lowest BCUT2D eigenvalue weighted by molar-refractivity contribution is -0.192. The Labute approximate surface area is 207 Å². The van der Waals surface area contributed by atoms with Crippen molar-refractivity contribution in [2.45, 2.75) is 113 Å². The van der Waals surface area contributed by atoms with E-state index < -0.39 is 0 Å². The second-order valence-electron chi connectivity index (χ2n) is 14.4. The molecular weight excluding hydrogens is 420 g/mol. The maximum absolute atomic E-state index is 14.3. The lowest BCUT2D eigenvalue weighted by Gasteiger charge is -2.69. The lowest BCUT2D eigenvalue weighted by atomic mass is 9.34. The molecule has 0 saturated heterocycles. The number of hydrogen-bond acceptors (Lipinski definition) is 3. The Balaban J connectivity index is 1.57. The minimum Gasteiger partial charge on any atom is -0.462 e. The Kier molecular flexibility index (Phi) is 5.56. The summed E-state index contributed by atoms with van der Waals surface area (Å²) in [5.74, 6) is 2.98. The van der Waals surface area contributed by atoms with Gasteiger partial charge in [-0.3, -0.25) is 9.59 Å². The van der Waals surface area contributed by atoms with Gasteiger partial charge < -0.3 is 4.74 Å². The van der Waals surface area contributed by atoms with Gasteiger partial charge in [0.05, 0.1) is 0 Å². The van der Waals surface area contributed by atoms with E-state index in [1.807, 2.05) is 0 Å². The first-order valence-electron chi connectivity index (χ1n) is 14.2. The standard InChI is InChI=1S/C31H48O3/c1-18-9-12-28(5)15-16-30(7)23(26(28)19(18)2)17-24(33)27-29(6)13-11-25(34-21(4)32)20(3)22(29)10-14-31(27,30)8/h17-20,22,25-27H,9-16H2,1-8H3/t18-,19+,20+,22?,25-,26?,27?,28-,29+,30-,31-/m1/s1. The summed E-state index contributed by atoms with van der Waals surface area (Å²) in [5, 5.41) is 0. The predicted octanol–water partition coefficient (Wildman–Crippen LogP) is 7.38. The zero-order valence-electron chi connectivity index (χ0n) is 23.0. The number of ether oxygens (including phenoxy) is 1. The second kappa shape index (κ2) is 7.69. The molecule has 0 heterocycles. The van der Waals surface area contributed by atoms with Crippen LogP contribution >= 0.6 is 0 Å². The van der Waals surface area contributed by atoms with Crippen molar-refractivity contribution in [2.75, 3.05) is 0 Å². The highest BCUT2D eigenvalue weighted by Crippen LogP contribution is 2.74. The first kappa shape index (κ1) is 24.6. The molecule has 11 atom stereocenters. The van der Waals surface area contributed by atoms with E-state index in [9.17, 15) is 9.59 Å². The van der Waals surface area contributed by atoms with Crippen LogP contribution in [0.4, 0.5) is 0 Å². The molecule has 0 spiro atoms. The van der Waals surface area contributed by atoms with E-state index in [1.165, 1.54) is 38.2 Å². The van der Waals surface area contributed by atoms with E-state index in [1.54, 1.807) is 0 Å². The second-order valence-corrected chi connectivity index (χ2v) is 14.4. The fraction of sp³-hybridized carbons (Fsp3) is 0.871. The average molecular weight is 469 g/mol. The molecule has 0 aromatic carbocycles. The molecule has 3 heteroatoms. The number of esters is 1. The van der Waals surface area contributed by atoms with Crippen LogP contribution in [-0.2, 0) is 14.3 Å². The Morgan fingerprint density at radius 3 is 2.29 bits per heavy atom. The summed E-state index contributed by atoms with van der Waals surface area (Å²) in [6.07, 6.45) is 11.5. The summed E-state index contributed by atoms with van der Waals surface area (Å²) in [4.78, 5) is 26.0. The van der Waals surface area contributed by atoms with Crippen LogP contribution in [-0.4, -0.2) is 17.9 Å². The van der Waals surface area contributed by atoms with Crippen molar-refractivity contribution in [2.24, 2.45) is 57.2 Å². The third-order valence-electron chi connectivity index (χ3n) is 13.0. The number of rotatable bonds is 1. The SMILES string of the molecule is CC(=O)O[C@@H]1CC[C@@]2(C)C(CC[C@]3(C)C2C(=O)C=C2C4[C@@H](C)[C@H](C)CC[C@]4(C)CC[C@]23C)[C@@H]1C. The minimum absolute atomic E-state index is 0.000257. The molecule has 0 aromatic rings. The zero-order valence-corrected chi connectivity index (χ0v) is 23.0. The largest absolute Gasteiger partial charge is 0.462 e. The first-order valence-corrected chi connectivity index (χ1v) is 14.2. The third kappa shape index (κ3) is 3.06. The highest BCUT2D eigenvalue weighted by Gasteiger charge is 2.69. The Morgan fingerprint density at radius 2 is 1.62 bits per heavy atom. The van der Waals surface area contributed by atoms with Crippen molar-refractivity contribution in [3.8, 4) is 0 Å². The van der Waals surface area contributed by atoms with Gasteiger partial charge in [-0.2, -0.15) is 0 Å². The summed E-state index contributed by atoms with van der Waals surface area (Å²) in [7, 11) is 0. The number of carbonyl (C=O) groups excluding carboxylic acids is 2. The van der Waals surface area contributed by atoms with E-state index in [0.29, 0.717) is 34.9 Å². The predicted molar refractivity (Wildman–Crippen MR) is 136 cm³/mol. The quantitative estimate of drug-likeness (QED) is 0.377. The van der Waals surface area contributed by atoms with Crippen LogP contribution < -0.4 is 0 Å². The van der Waals surface area contributed by atoms with Gasteiger partial charge in [0.25, 0.3) is 0 Å². The van der Waals surface area contributed by atoms with E-state index in [0.717, 1.165) is 31.6 Å². The van der Waals surface area contributed by atoms with Crippen LogP contribution in [0.25, 0.3) is 0 Å². The van der Waals surface area contributed by atoms with Gasteiger partial charge in [0.2, 0.25) is 0 Å². The monoisotopic (exact) mass is 468 g/mol. The molecule has 0 bridgehead atoms. The summed E-state index contributed by atoms with van der Waals surface area (Å²) < 4.78 is 5.75. The minimum atomic E-state index is -0.170. The summed E-state index contributed by atoms with van der Waals surface area (Å²) in [6, 6.07) is 0. The highest BCUT2D eigenvalue weighted by atomic mass is 16.5. The molecule has 5 aliphatic carbocycles. The van der Waals surface area contributed by atoms with Crippen LogP contribution in [0.1, 0.15) is 107 Å². The van der Waals surface area contributed by atoms with Crippen molar-refractivity contribution in [3.63, 3.8) is 0 Å². The molecule has 0 aliphatic heterocycles. The van der Waals surface area contributed by atoms with Gasteiger partial charge in [-0.15, -0.1) is 0 Å². The Bertz CT molecular complexity index is 920. The molecule has 4 fully saturated rings. The summed E-state index contributed by atoms with van der Waals surface area (Å²) in [6.45, 7) is 18.7. The van der Waals surface area contributed by atoms with E-state index in [-0.39, 0.29) is 34.2 Å². The van der Waals surface area contributed by atoms with Gasteiger partial charge in [-0.05, 0) is 109 Å². The fourth-order valence-corrected chi connectivity index (χ4v) is 10.7. The molecule has 0 aromatic heterocycles. The maximum Gasteiger partial charge on any atom is 0.302 e. The van der Waals surface area contributed by atoms with Gasteiger partial charge in [0, 0.05) is 12.8 Å². The molecule has 0 radical (unpaired) electrons. The molecule has 0 amide bonds. The van der Waals surface area contributed by atoms with Crippen molar-refractivity contribution < 1.29 is 14.3 Å². The topological polar surface area (TPSA) is 43.4 Å². The van der Waals surface area contributed by atoms with Crippen LogP contribution in [0.2, 0.25) is 0 Å². The number of ketones is 1. The average Bonchev–Trinajstić information content (AvgIpc) is 2.74. The van der Waals surface area contributed by atoms with Crippen molar-refractivity contribution in [3.05, 3.63) is 11.6 Å². The van der Waals surface area contributed by atoms with Gasteiger partial charge >= 0.3 is 5.97 Å². The normalized spacial score (nSPS) is 54.6. The van der Waals surface area contributed by atoms with Crippen molar-refractivity contribution in [1.82, 2.24) is 0 Å². The molecule has 5 rings (SSSR count). The van der Waals surface area contributed by atoms with Gasteiger partial charge in [0.1, 0.15) is 6.10 Å². The van der Waals surface area contributed by atoms with E-state index in [4.69, 9.17) is 4.74 Å². The molecule has 34 heavy (non-hydrogen) atoms. The first-order chi connectivity index (χ1) is 15.8. The van der Waals surface area contributed by atoms with E-state index >= 15 is 0 Å². The van der Waals surface area contributed by atoms with E-state index in [2.05, 4.69) is 54.5 Å². The van der Waals surface area contributed by atoms with Crippen molar-refractivity contribution in [1.29, 1.82) is 0 Å². The lowest BCUT2D eigenvalue weighted by Crippen LogP contribution is -2.65. The number of allylic oxidation sites excluding steroid dienone is 2. The molecule has 0 N–H and O–H groups in total. The van der Waals surface area contributed by atoms with Crippen molar-refractivity contribution >= 4 is 11.8 Å². The number of fused-ring (bicyclic) bond motifs is 7. The number of carbonyl (C=O) groups is 2. The molecule has 5 aliphatic rings. The van der Waals surface area contributed by atoms with Crippen LogP contribution in [0, 0.1) is 57.2 Å². The van der Waals surface area contributed by atoms with Crippen LogP contribution in [0.3, 0.4) is 0 Å². The molecule has 4 saturated carbocycles. The van der Waals surface area contributed by atoms with Gasteiger partial charge in [0.15, 0.2) is 5.78 Å². The van der Waals surface area contributed by atoms with Crippen LogP contribution in [0.5, 0.6) is 0 Å². The molecule has 3 unspecified atom stereocenters. The maximum atomic E-state index is 14.3. The molecule has 3 nitrogen and oxygen atoms in total. The summed E-state index contributed by atoms with van der Waals surface area (Å²) >= 11 is 0. The Morgan fingerprint density at radius 1 is 0.912 bits per heavy atom. The third-order valence-corrected chi connectivity index (χ3v) is 13.0. The summed E-state index contributed by atoms with van der Waals surface area (Å²) in [5.41, 5.74) is 1.96. The number of hydrogen-bond donors (Lipinski definition) is 0. The molecule has 190 valence electrons. The highest BCUT2D eigenvalue weighted by molar-refractivity contribution is 5.95. The fourth-order valence-electron chi connectivity index (χ4n) is 10.7. The van der Waals surface area contributed by atoms with Crippen LogP contribution in [0.15, 0.2) is 11.6 Å². The Hall–Kier alpha value is -1.12. The smallest absolute Gasteiger partial charge is 0.302 e. The molecular formula is C31H48O3. The van der Waals surface area contributed by atoms with Gasteiger partial charge in [-0.25, -0.2) is 0 Å². The zero-order chi connectivity index (χ0) is 24.8. The van der Waals surface area contributed by atoms with Gasteiger partial charge in [-0.1, -0.05) is 54.0 Å².